The fourth-order valence-electron chi connectivity index (χ4n) is 1.89. The van der Waals surface area contributed by atoms with E-state index in [2.05, 4.69) is 11.8 Å². The van der Waals surface area contributed by atoms with Gasteiger partial charge in [-0.25, -0.2) is 0 Å². The molecule has 0 saturated heterocycles. The number of nitrogens with two attached hydrogens (primary N) is 1. The highest BCUT2D eigenvalue weighted by atomic mass is 16.5. The zero-order valence-corrected chi connectivity index (χ0v) is 11.7. The third kappa shape index (κ3) is 4.45. The van der Waals surface area contributed by atoms with Gasteiger partial charge in [-0.1, -0.05) is 0 Å². The van der Waals surface area contributed by atoms with Crippen molar-refractivity contribution >= 4 is 11.4 Å². The van der Waals surface area contributed by atoms with Crippen molar-refractivity contribution in [2.75, 3.05) is 30.3 Å². The van der Waals surface area contributed by atoms with Gasteiger partial charge in [-0.2, -0.15) is 0 Å². The minimum atomic E-state index is -0.744. The maximum atomic E-state index is 9.92. The first-order valence-electron chi connectivity index (χ1n) is 6.36. The molecule has 18 heavy (non-hydrogen) atoms. The van der Waals surface area contributed by atoms with E-state index in [9.17, 15) is 5.11 Å². The van der Waals surface area contributed by atoms with Crippen molar-refractivity contribution in [3.63, 3.8) is 0 Å². The Balaban J connectivity index is 2.98. The Hall–Kier alpha value is -1.42. The molecule has 0 atom stereocenters. The van der Waals surface area contributed by atoms with Crippen LogP contribution in [0.5, 0.6) is 5.75 Å². The van der Waals surface area contributed by atoms with Crippen LogP contribution in [0.25, 0.3) is 0 Å². The molecular weight excluding hydrogens is 228 g/mol. The summed E-state index contributed by atoms with van der Waals surface area (Å²) in [5, 5.41) is 9.92. The molecule has 4 heteroatoms. The quantitative estimate of drug-likeness (QED) is 0.762. The molecule has 0 aliphatic rings. The summed E-state index contributed by atoms with van der Waals surface area (Å²) in [7, 11) is 0. The SMILES string of the molecule is CCOc1cc(N)cc(N(CC)CC(C)(C)O)c1. The first-order valence-corrected chi connectivity index (χ1v) is 6.36. The van der Waals surface area contributed by atoms with E-state index in [1.807, 2.05) is 25.1 Å². The number of aliphatic hydroxyl groups is 1. The number of hydrogen-bond acceptors (Lipinski definition) is 4. The number of benzene rings is 1. The molecular formula is C14H24N2O2. The molecule has 3 N–H and O–H groups in total. The van der Waals surface area contributed by atoms with Crippen LogP contribution >= 0.6 is 0 Å². The van der Waals surface area contributed by atoms with Crippen LogP contribution in [0, 0.1) is 0 Å². The van der Waals surface area contributed by atoms with Crippen molar-refractivity contribution in [3.8, 4) is 5.75 Å². The minimum absolute atomic E-state index is 0.554. The Labute approximate surface area is 109 Å². The largest absolute Gasteiger partial charge is 0.494 e. The molecule has 1 aromatic rings. The monoisotopic (exact) mass is 252 g/mol. The number of hydrogen-bond donors (Lipinski definition) is 2. The number of likely N-dealkylation sites (N-methyl/N-ethyl adjacent to an activating group) is 1. The molecule has 0 heterocycles. The van der Waals surface area contributed by atoms with E-state index in [-0.39, 0.29) is 0 Å². The molecule has 1 aromatic carbocycles. The zero-order valence-electron chi connectivity index (χ0n) is 11.7. The smallest absolute Gasteiger partial charge is 0.123 e. The van der Waals surface area contributed by atoms with Crippen LogP contribution in [-0.4, -0.2) is 30.4 Å². The summed E-state index contributed by atoms with van der Waals surface area (Å²) in [6.45, 7) is 9.56. The molecule has 0 aliphatic heterocycles. The maximum Gasteiger partial charge on any atom is 0.123 e. The lowest BCUT2D eigenvalue weighted by molar-refractivity contribution is 0.0876. The highest BCUT2D eigenvalue weighted by Crippen LogP contribution is 2.26. The van der Waals surface area contributed by atoms with Gasteiger partial charge in [0.2, 0.25) is 0 Å². The van der Waals surface area contributed by atoms with Crippen molar-refractivity contribution < 1.29 is 9.84 Å². The molecule has 102 valence electrons. The Bertz CT molecular complexity index is 386. The van der Waals surface area contributed by atoms with E-state index >= 15 is 0 Å². The Morgan fingerprint density at radius 2 is 1.94 bits per heavy atom. The average Bonchev–Trinajstić information content (AvgIpc) is 2.24. The highest BCUT2D eigenvalue weighted by Gasteiger charge is 2.18. The predicted molar refractivity (Wildman–Crippen MR) is 76.2 cm³/mol. The second-order valence-electron chi connectivity index (χ2n) is 5.02. The van der Waals surface area contributed by atoms with Crippen LogP contribution < -0.4 is 15.4 Å². The minimum Gasteiger partial charge on any atom is -0.494 e. The third-order valence-electron chi connectivity index (χ3n) is 2.55. The lowest BCUT2D eigenvalue weighted by atomic mass is 10.1. The van der Waals surface area contributed by atoms with Crippen molar-refractivity contribution in [1.29, 1.82) is 0 Å². The standard InChI is InChI=1S/C14H24N2O2/c1-5-16(10-14(3,4)17)12-7-11(15)8-13(9-12)18-6-2/h7-9,17H,5-6,10,15H2,1-4H3. The van der Waals surface area contributed by atoms with Crippen LogP contribution in [-0.2, 0) is 0 Å². The van der Waals surface area contributed by atoms with Gasteiger partial charge in [-0.3, -0.25) is 0 Å². The lowest BCUT2D eigenvalue weighted by Gasteiger charge is -2.30. The number of rotatable bonds is 6. The number of nitrogens with zero attached hydrogens (tertiary/aromatic N) is 1. The molecule has 0 bridgehead atoms. The van der Waals surface area contributed by atoms with E-state index in [0.717, 1.165) is 18.0 Å². The van der Waals surface area contributed by atoms with E-state index in [1.165, 1.54) is 0 Å². The summed E-state index contributed by atoms with van der Waals surface area (Å²) >= 11 is 0. The predicted octanol–water partition coefficient (Wildman–Crippen LogP) is 2.26. The fraction of sp³-hybridized carbons (Fsp3) is 0.571. The van der Waals surface area contributed by atoms with Crippen LogP contribution in [0.1, 0.15) is 27.7 Å². The van der Waals surface area contributed by atoms with Crippen molar-refractivity contribution in [2.24, 2.45) is 0 Å². The van der Waals surface area contributed by atoms with E-state index in [1.54, 1.807) is 13.8 Å². The first kappa shape index (κ1) is 14.6. The fourth-order valence-corrected chi connectivity index (χ4v) is 1.89. The molecule has 0 aromatic heterocycles. The van der Waals surface area contributed by atoms with Gasteiger partial charge in [-0.15, -0.1) is 0 Å². The van der Waals surface area contributed by atoms with E-state index in [0.29, 0.717) is 18.8 Å². The molecule has 0 radical (unpaired) electrons. The van der Waals surface area contributed by atoms with Crippen LogP contribution in [0.2, 0.25) is 0 Å². The second-order valence-corrected chi connectivity index (χ2v) is 5.02. The van der Waals surface area contributed by atoms with Crippen molar-refractivity contribution in [2.45, 2.75) is 33.3 Å². The van der Waals surface area contributed by atoms with Gasteiger partial charge < -0.3 is 20.5 Å². The van der Waals surface area contributed by atoms with Gasteiger partial charge in [0.1, 0.15) is 5.75 Å². The summed E-state index contributed by atoms with van der Waals surface area (Å²) in [4.78, 5) is 2.08. The topological polar surface area (TPSA) is 58.7 Å². The average molecular weight is 252 g/mol. The van der Waals surface area contributed by atoms with Gasteiger partial charge in [0.25, 0.3) is 0 Å². The van der Waals surface area contributed by atoms with Gasteiger partial charge in [0.05, 0.1) is 12.2 Å². The van der Waals surface area contributed by atoms with Crippen LogP contribution in [0.3, 0.4) is 0 Å². The summed E-state index contributed by atoms with van der Waals surface area (Å²) in [6.07, 6.45) is 0. The first-order chi connectivity index (χ1) is 8.35. The normalized spacial score (nSPS) is 11.4. The number of anilines is 2. The molecule has 4 nitrogen and oxygen atoms in total. The number of nitrogen functional groups attached to an aromatic ring is 1. The summed E-state index contributed by atoms with van der Waals surface area (Å²) < 4.78 is 5.48. The Morgan fingerprint density at radius 3 is 2.44 bits per heavy atom. The second kappa shape index (κ2) is 5.96. The Kier molecular flexibility index (Phi) is 4.84. The third-order valence-corrected chi connectivity index (χ3v) is 2.55. The van der Waals surface area contributed by atoms with Gasteiger partial charge in [0.15, 0.2) is 0 Å². The Morgan fingerprint density at radius 1 is 1.28 bits per heavy atom. The van der Waals surface area contributed by atoms with Crippen molar-refractivity contribution in [1.82, 2.24) is 0 Å². The molecule has 0 unspecified atom stereocenters. The molecule has 0 spiro atoms. The van der Waals surface area contributed by atoms with E-state index in [4.69, 9.17) is 10.5 Å². The van der Waals surface area contributed by atoms with Crippen molar-refractivity contribution in [3.05, 3.63) is 18.2 Å². The zero-order chi connectivity index (χ0) is 13.8. The van der Waals surface area contributed by atoms with E-state index < -0.39 is 5.60 Å². The summed E-state index contributed by atoms with van der Waals surface area (Å²) in [6, 6.07) is 5.66. The molecule has 0 aliphatic carbocycles. The highest BCUT2D eigenvalue weighted by molar-refractivity contribution is 5.60. The molecule has 1 rings (SSSR count). The summed E-state index contributed by atoms with van der Waals surface area (Å²) in [5.41, 5.74) is 6.78. The summed E-state index contributed by atoms with van der Waals surface area (Å²) in [5.74, 6) is 0.765. The molecule has 0 saturated carbocycles. The van der Waals surface area contributed by atoms with Gasteiger partial charge >= 0.3 is 0 Å². The van der Waals surface area contributed by atoms with Crippen LogP contribution in [0.4, 0.5) is 11.4 Å². The maximum absolute atomic E-state index is 9.92. The van der Waals surface area contributed by atoms with Gasteiger partial charge in [-0.05, 0) is 33.8 Å². The van der Waals surface area contributed by atoms with Gasteiger partial charge in [0, 0.05) is 36.6 Å². The van der Waals surface area contributed by atoms with Crippen LogP contribution in [0.15, 0.2) is 18.2 Å². The lowest BCUT2D eigenvalue weighted by Crippen LogP contribution is -2.38. The molecule has 0 fully saturated rings. The number of ether oxygens (including phenoxy) is 1. The molecule has 0 amide bonds.